The molecule has 0 bridgehead atoms. The highest BCUT2D eigenvalue weighted by molar-refractivity contribution is 6.19. The maximum atomic E-state index is 6.24. The summed E-state index contributed by atoms with van der Waals surface area (Å²) in [7, 11) is 0. The molecule has 0 unspecified atom stereocenters. The fourth-order valence-electron chi connectivity index (χ4n) is 6.27. The van der Waals surface area contributed by atoms with E-state index in [2.05, 4.69) is 117 Å². The van der Waals surface area contributed by atoms with Gasteiger partial charge in [0.05, 0.1) is 27.6 Å². The van der Waals surface area contributed by atoms with Crippen molar-refractivity contribution in [3.63, 3.8) is 0 Å². The van der Waals surface area contributed by atoms with E-state index in [-0.39, 0.29) is 0 Å². The van der Waals surface area contributed by atoms with Crippen LogP contribution in [-0.2, 0) is 0 Å². The largest absolute Gasteiger partial charge is 0.447 e. The zero-order valence-electron chi connectivity index (χ0n) is 20.9. The first-order valence-corrected chi connectivity index (χ1v) is 13.1. The summed E-state index contributed by atoms with van der Waals surface area (Å²) in [5, 5.41) is 8.16. The minimum Gasteiger partial charge on any atom is -0.447 e. The average Bonchev–Trinajstić information content (AvgIpc) is 3.65. The molecule has 182 valence electrons. The van der Waals surface area contributed by atoms with E-state index in [1.807, 2.05) is 24.6 Å². The van der Waals surface area contributed by atoms with Crippen LogP contribution in [0.25, 0.3) is 76.9 Å². The van der Waals surface area contributed by atoms with Gasteiger partial charge in [-0.05, 0) is 48.5 Å². The molecule has 0 atom stereocenters. The van der Waals surface area contributed by atoms with Crippen molar-refractivity contribution in [3.8, 4) is 11.6 Å². The van der Waals surface area contributed by atoms with E-state index in [9.17, 15) is 0 Å². The van der Waals surface area contributed by atoms with E-state index in [1.54, 1.807) is 0 Å². The van der Waals surface area contributed by atoms with E-state index in [0.717, 1.165) is 44.3 Å². The smallest absolute Gasteiger partial charge is 0.212 e. The first-order chi connectivity index (χ1) is 19.3. The van der Waals surface area contributed by atoms with Crippen LogP contribution in [0.3, 0.4) is 0 Å². The lowest BCUT2D eigenvalue weighted by Gasteiger charge is -2.09. The quantitative estimate of drug-likeness (QED) is 0.238. The Hall–Kier alpha value is -5.35. The Morgan fingerprint density at radius 3 is 1.92 bits per heavy atom. The van der Waals surface area contributed by atoms with Crippen molar-refractivity contribution in [2.45, 2.75) is 0 Å². The van der Waals surface area contributed by atoms with Crippen molar-refractivity contribution in [1.29, 1.82) is 0 Å². The highest BCUT2D eigenvalue weighted by Gasteiger charge is 2.20. The predicted molar refractivity (Wildman–Crippen MR) is 160 cm³/mol. The van der Waals surface area contributed by atoms with Crippen molar-refractivity contribution in [2.75, 3.05) is 0 Å². The maximum absolute atomic E-state index is 6.24. The Balaban J connectivity index is 1.44. The molecule has 4 heteroatoms. The lowest BCUT2D eigenvalue weighted by molar-refractivity contribution is 0.551. The molecule has 0 fully saturated rings. The van der Waals surface area contributed by atoms with Gasteiger partial charge in [0, 0.05) is 49.6 Å². The molecule has 4 heterocycles. The van der Waals surface area contributed by atoms with Crippen LogP contribution in [0.2, 0.25) is 0 Å². The van der Waals surface area contributed by atoms with Gasteiger partial charge in [0.1, 0.15) is 6.26 Å². The molecule has 4 aromatic heterocycles. The minimum absolute atomic E-state index is 0.848. The summed E-state index contributed by atoms with van der Waals surface area (Å²) >= 11 is 0. The highest BCUT2D eigenvalue weighted by Crippen LogP contribution is 2.40. The van der Waals surface area contributed by atoms with Crippen LogP contribution in [0.1, 0.15) is 0 Å². The molecule has 0 N–H and O–H groups in total. The number of hydrogen-bond acceptors (Lipinski definition) is 2. The monoisotopic (exact) mass is 499 g/mol. The van der Waals surface area contributed by atoms with Crippen LogP contribution in [-0.4, -0.2) is 14.1 Å². The van der Waals surface area contributed by atoms with Gasteiger partial charge < -0.3 is 8.98 Å². The number of rotatable bonds is 2. The molecule has 9 rings (SSSR count). The first-order valence-electron chi connectivity index (χ1n) is 13.1. The highest BCUT2D eigenvalue weighted by atomic mass is 16.3. The molecule has 5 aromatic carbocycles. The van der Waals surface area contributed by atoms with Gasteiger partial charge in [0.15, 0.2) is 0 Å². The van der Waals surface area contributed by atoms with Crippen LogP contribution in [0.4, 0.5) is 0 Å². The number of nitrogens with zero attached hydrogens (tertiary/aromatic N) is 3. The van der Waals surface area contributed by atoms with Crippen LogP contribution in [0.5, 0.6) is 0 Å². The normalized spacial score (nSPS) is 12.1. The second kappa shape index (κ2) is 7.59. The van der Waals surface area contributed by atoms with E-state index < -0.39 is 0 Å². The number of pyridine rings is 1. The molecule has 0 spiro atoms. The summed E-state index contributed by atoms with van der Waals surface area (Å²) in [5.74, 6) is 0.848. The Morgan fingerprint density at radius 1 is 0.487 bits per heavy atom. The SMILES string of the molecule is c1cnc2cc(-n3c4ccccc4c4cc5c(cc43)c3ccccc3n5-c3occ4ccccc34)ccc2c1. The third-order valence-corrected chi connectivity index (χ3v) is 8.01. The van der Waals surface area contributed by atoms with Gasteiger partial charge in [0.25, 0.3) is 0 Å². The lowest BCUT2D eigenvalue weighted by Crippen LogP contribution is -1.95. The van der Waals surface area contributed by atoms with Crippen LogP contribution in [0.15, 0.2) is 132 Å². The maximum Gasteiger partial charge on any atom is 0.212 e. The molecule has 0 aliphatic rings. The number of hydrogen-bond donors (Lipinski definition) is 0. The Labute approximate surface area is 222 Å². The summed E-state index contributed by atoms with van der Waals surface area (Å²) in [6.45, 7) is 0. The van der Waals surface area contributed by atoms with Gasteiger partial charge in [-0.3, -0.25) is 9.55 Å². The van der Waals surface area contributed by atoms with Gasteiger partial charge in [-0.1, -0.05) is 66.7 Å². The van der Waals surface area contributed by atoms with Crippen molar-refractivity contribution >= 4 is 65.3 Å². The third-order valence-electron chi connectivity index (χ3n) is 8.01. The zero-order valence-corrected chi connectivity index (χ0v) is 20.9. The Kier molecular flexibility index (Phi) is 4.02. The molecule has 0 saturated carbocycles. The fraction of sp³-hybridized carbons (Fsp3) is 0. The Bertz CT molecular complexity index is 2400. The van der Waals surface area contributed by atoms with Crippen molar-refractivity contribution < 1.29 is 4.42 Å². The second-order valence-corrected chi connectivity index (χ2v) is 10.1. The summed E-state index contributed by atoms with van der Waals surface area (Å²) in [5.41, 5.74) is 6.70. The predicted octanol–water partition coefficient (Wildman–Crippen LogP) is 9.18. The number of aromatic nitrogens is 3. The summed E-state index contributed by atoms with van der Waals surface area (Å²) < 4.78 is 10.9. The standard InChI is InChI=1S/C35H21N3O/c1-2-10-25-23(8-1)21-39-35(25)38-32-14-6-4-12-27(32)29-19-33-28(20-34(29)38)26-11-3-5-13-31(26)37(33)24-16-15-22-9-7-17-36-30(22)18-24/h1-21H. The van der Waals surface area contributed by atoms with Crippen LogP contribution >= 0.6 is 0 Å². The summed E-state index contributed by atoms with van der Waals surface area (Å²) in [4.78, 5) is 4.63. The third kappa shape index (κ3) is 2.80. The number of benzene rings is 5. The number of para-hydroxylation sites is 2. The molecule has 0 saturated heterocycles. The van der Waals surface area contributed by atoms with Gasteiger partial charge in [-0.25, -0.2) is 0 Å². The molecule has 0 amide bonds. The summed E-state index contributed by atoms with van der Waals surface area (Å²) in [6, 6.07) is 40.9. The molecule has 39 heavy (non-hydrogen) atoms. The van der Waals surface area contributed by atoms with Gasteiger partial charge >= 0.3 is 0 Å². The number of fused-ring (bicyclic) bond motifs is 8. The number of furan rings is 1. The summed E-state index contributed by atoms with van der Waals surface area (Å²) in [6.07, 6.45) is 3.71. The molecule has 0 aliphatic carbocycles. The van der Waals surface area contributed by atoms with Gasteiger partial charge in [-0.15, -0.1) is 0 Å². The molecule has 9 aromatic rings. The lowest BCUT2D eigenvalue weighted by atomic mass is 10.1. The molecular weight excluding hydrogens is 478 g/mol. The average molecular weight is 500 g/mol. The van der Waals surface area contributed by atoms with Gasteiger partial charge in [0.2, 0.25) is 5.88 Å². The van der Waals surface area contributed by atoms with Crippen molar-refractivity contribution in [2.24, 2.45) is 0 Å². The van der Waals surface area contributed by atoms with E-state index in [0.29, 0.717) is 0 Å². The van der Waals surface area contributed by atoms with Crippen molar-refractivity contribution in [1.82, 2.24) is 14.1 Å². The molecular formula is C35H21N3O. The molecule has 4 nitrogen and oxygen atoms in total. The van der Waals surface area contributed by atoms with Crippen LogP contribution in [0, 0.1) is 0 Å². The first kappa shape index (κ1) is 20.7. The zero-order chi connectivity index (χ0) is 25.5. The fourth-order valence-corrected chi connectivity index (χ4v) is 6.27. The minimum atomic E-state index is 0.848. The molecule has 0 aliphatic heterocycles. The van der Waals surface area contributed by atoms with Gasteiger partial charge in [-0.2, -0.15) is 0 Å². The van der Waals surface area contributed by atoms with E-state index in [1.165, 1.54) is 32.6 Å². The van der Waals surface area contributed by atoms with Crippen LogP contribution < -0.4 is 0 Å². The molecule has 0 radical (unpaired) electrons. The topological polar surface area (TPSA) is 35.9 Å². The van der Waals surface area contributed by atoms with Crippen molar-refractivity contribution in [3.05, 3.63) is 128 Å². The second-order valence-electron chi connectivity index (χ2n) is 10.1. The Morgan fingerprint density at radius 2 is 1.13 bits per heavy atom. The van der Waals surface area contributed by atoms with E-state index >= 15 is 0 Å². The van der Waals surface area contributed by atoms with E-state index in [4.69, 9.17) is 4.42 Å².